The van der Waals surface area contributed by atoms with Crippen LogP contribution >= 0.6 is 11.6 Å². The molecule has 7 heteroatoms. The van der Waals surface area contributed by atoms with Crippen LogP contribution < -0.4 is 5.63 Å². The molecule has 1 aliphatic rings. The first-order chi connectivity index (χ1) is 14.4. The minimum absolute atomic E-state index is 0.0996. The molecule has 0 fully saturated rings. The van der Waals surface area contributed by atoms with Crippen molar-refractivity contribution < 1.29 is 23.8 Å². The van der Waals surface area contributed by atoms with E-state index in [0.29, 0.717) is 51.1 Å². The number of aryl methyl sites for hydroxylation is 1. The predicted octanol–water partition coefficient (Wildman–Crippen LogP) is 5.07. The molecule has 2 N–H and O–H groups in total. The van der Waals surface area contributed by atoms with Gasteiger partial charge in [-0.15, -0.1) is 0 Å². The van der Waals surface area contributed by atoms with E-state index >= 15 is 0 Å². The van der Waals surface area contributed by atoms with E-state index in [0.717, 1.165) is 18.4 Å². The Balaban J connectivity index is 1.92. The molecule has 0 aliphatic heterocycles. The third-order valence-corrected chi connectivity index (χ3v) is 5.91. The molecule has 0 amide bonds. The van der Waals surface area contributed by atoms with Crippen molar-refractivity contribution in [1.82, 2.24) is 0 Å². The molecule has 0 unspecified atom stereocenters. The average Bonchev–Trinajstić information content (AvgIpc) is 3.09. The number of halogens is 1. The van der Waals surface area contributed by atoms with Crippen molar-refractivity contribution in [3.05, 3.63) is 62.5 Å². The molecule has 2 aromatic carbocycles. The summed E-state index contributed by atoms with van der Waals surface area (Å²) in [5, 5.41) is 21.7. The summed E-state index contributed by atoms with van der Waals surface area (Å²) in [6.07, 6.45) is 2.83. The van der Waals surface area contributed by atoms with Crippen molar-refractivity contribution in [3.63, 3.8) is 0 Å². The van der Waals surface area contributed by atoms with Crippen LogP contribution in [0.15, 0.2) is 44.0 Å². The van der Waals surface area contributed by atoms with Gasteiger partial charge in [0.2, 0.25) is 0 Å². The molecule has 6 nitrogen and oxygen atoms in total. The lowest BCUT2D eigenvalue weighted by atomic mass is 9.89. The minimum Gasteiger partial charge on any atom is -0.504 e. The number of benzene rings is 2. The molecule has 30 heavy (non-hydrogen) atoms. The van der Waals surface area contributed by atoms with E-state index in [4.69, 9.17) is 20.4 Å². The Morgan fingerprint density at radius 2 is 1.73 bits per heavy atom. The van der Waals surface area contributed by atoms with Gasteiger partial charge in [0, 0.05) is 27.1 Å². The fraction of sp³-hybridized carbons (Fsp3) is 0.217. The maximum Gasteiger partial charge on any atom is 0.339 e. The first kappa shape index (κ1) is 18.8. The van der Waals surface area contributed by atoms with Crippen molar-refractivity contribution in [2.45, 2.75) is 32.1 Å². The summed E-state index contributed by atoms with van der Waals surface area (Å²) in [5.74, 6) is -0.886. The monoisotopic (exact) mass is 424 g/mol. The average molecular weight is 425 g/mol. The zero-order chi connectivity index (χ0) is 21.0. The fourth-order valence-corrected chi connectivity index (χ4v) is 4.48. The summed E-state index contributed by atoms with van der Waals surface area (Å²) in [6.45, 7) is 0. The van der Waals surface area contributed by atoms with Crippen LogP contribution in [-0.4, -0.2) is 16.2 Å². The number of carboxylic acid groups (broad SMARTS) is 1. The molecule has 2 heterocycles. The molecule has 0 saturated heterocycles. The van der Waals surface area contributed by atoms with Gasteiger partial charge in [-0.05, 0) is 61.6 Å². The topological polar surface area (TPSA) is 101 Å². The Bertz CT molecular complexity index is 1380. The molecule has 5 rings (SSSR count). The normalized spacial score (nSPS) is 13.6. The number of phenols is 1. The van der Waals surface area contributed by atoms with Crippen LogP contribution in [0.5, 0.6) is 5.75 Å². The molecule has 1 aliphatic carbocycles. The van der Waals surface area contributed by atoms with Gasteiger partial charge >= 0.3 is 11.6 Å². The van der Waals surface area contributed by atoms with Gasteiger partial charge in [-0.2, -0.15) is 0 Å². The number of furan rings is 1. The zero-order valence-corrected chi connectivity index (χ0v) is 16.6. The van der Waals surface area contributed by atoms with E-state index in [2.05, 4.69) is 0 Å². The highest BCUT2D eigenvalue weighted by molar-refractivity contribution is 6.30. The van der Waals surface area contributed by atoms with Crippen LogP contribution in [-0.2, 0) is 24.1 Å². The molecular weight excluding hydrogens is 408 g/mol. The molecule has 0 atom stereocenters. The van der Waals surface area contributed by atoms with Gasteiger partial charge in [0.25, 0.3) is 0 Å². The second-order valence-electron chi connectivity index (χ2n) is 7.52. The molecule has 2 aromatic heterocycles. The number of aromatic hydroxyl groups is 1. The largest absolute Gasteiger partial charge is 0.504 e. The molecule has 0 bridgehead atoms. The number of phenolic OH excluding ortho intramolecular Hbond substituents is 1. The minimum atomic E-state index is -1.07. The number of fused-ring (bicyclic) bond motifs is 5. The molecule has 152 valence electrons. The summed E-state index contributed by atoms with van der Waals surface area (Å²) < 4.78 is 11.6. The lowest BCUT2D eigenvalue weighted by Crippen LogP contribution is -2.16. The van der Waals surface area contributed by atoms with Crippen molar-refractivity contribution in [3.8, 4) is 17.1 Å². The highest BCUT2D eigenvalue weighted by atomic mass is 35.5. The Hall–Kier alpha value is -3.25. The summed E-state index contributed by atoms with van der Waals surface area (Å²) in [4.78, 5) is 24.3. The Morgan fingerprint density at radius 3 is 2.43 bits per heavy atom. The van der Waals surface area contributed by atoms with Gasteiger partial charge < -0.3 is 19.0 Å². The molecule has 0 spiro atoms. The maximum absolute atomic E-state index is 12.7. The first-order valence-corrected chi connectivity index (χ1v) is 10.1. The Kier molecular flexibility index (Phi) is 4.33. The Labute approximate surface area is 175 Å². The van der Waals surface area contributed by atoms with Crippen molar-refractivity contribution in [2.75, 3.05) is 0 Å². The van der Waals surface area contributed by atoms with Crippen LogP contribution in [0.2, 0.25) is 5.02 Å². The van der Waals surface area contributed by atoms with E-state index in [-0.39, 0.29) is 23.3 Å². The second-order valence-corrected chi connectivity index (χ2v) is 7.95. The summed E-state index contributed by atoms with van der Waals surface area (Å²) in [7, 11) is 0. The predicted molar refractivity (Wildman–Crippen MR) is 112 cm³/mol. The smallest absolute Gasteiger partial charge is 0.339 e. The van der Waals surface area contributed by atoms with Crippen LogP contribution in [0.25, 0.3) is 33.3 Å². The van der Waals surface area contributed by atoms with E-state index in [1.165, 1.54) is 0 Å². The number of aliphatic carboxylic acids is 1. The highest BCUT2D eigenvalue weighted by Crippen LogP contribution is 2.43. The van der Waals surface area contributed by atoms with Gasteiger partial charge in [-0.3, -0.25) is 4.79 Å². The van der Waals surface area contributed by atoms with Gasteiger partial charge in [-0.25, -0.2) is 4.79 Å². The lowest BCUT2D eigenvalue weighted by molar-refractivity contribution is -0.136. The summed E-state index contributed by atoms with van der Waals surface area (Å²) in [5.41, 5.74) is 2.39. The molecule has 0 saturated carbocycles. The first-order valence-electron chi connectivity index (χ1n) is 9.67. The van der Waals surface area contributed by atoms with Crippen LogP contribution in [0, 0.1) is 0 Å². The third kappa shape index (κ3) is 2.87. The number of hydrogen-bond donors (Lipinski definition) is 2. The van der Waals surface area contributed by atoms with E-state index in [1.807, 2.05) is 0 Å². The number of carboxylic acids is 1. The van der Waals surface area contributed by atoms with Crippen molar-refractivity contribution in [1.29, 1.82) is 0 Å². The number of carbonyl (C=O) groups is 1. The zero-order valence-electron chi connectivity index (χ0n) is 15.8. The summed E-state index contributed by atoms with van der Waals surface area (Å²) in [6, 6.07) is 8.31. The van der Waals surface area contributed by atoms with Gasteiger partial charge in [0.05, 0.1) is 11.8 Å². The third-order valence-electron chi connectivity index (χ3n) is 5.66. The Morgan fingerprint density at radius 1 is 1.03 bits per heavy atom. The van der Waals surface area contributed by atoms with Crippen molar-refractivity contribution >= 4 is 39.5 Å². The number of rotatable bonds is 3. The lowest BCUT2D eigenvalue weighted by Gasteiger charge is -2.16. The SMILES string of the molecule is O=C(O)Cc1c(-c2ccc(Cl)cc2)oc2c(O)cc3c4c(c(=O)oc3c12)CCCC4. The standard InChI is InChI=1S/C23H17ClO6/c24-12-7-5-11(6-8-12)20-16(10-18(26)27)19-21-15(9-17(25)22(19)29-20)13-3-1-2-4-14(13)23(28)30-21/h5-9,25H,1-4,10H2,(H,26,27). The van der Waals surface area contributed by atoms with E-state index < -0.39 is 11.6 Å². The molecule has 0 radical (unpaired) electrons. The maximum atomic E-state index is 12.7. The quantitative estimate of drug-likeness (QED) is 0.445. The fourth-order valence-electron chi connectivity index (χ4n) is 4.35. The van der Waals surface area contributed by atoms with Crippen LogP contribution in [0.4, 0.5) is 0 Å². The van der Waals surface area contributed by atoms with E-state index in [1.54, 1.807) is 30.3 Å². The number of hydrogen-bond acceptors (Lipinski definition) is 5. The van der Waals surface area contributed by atoms with Crippen molar-refractivity contribution in [2.24, 2.45) is 0 Å². The summed E-state index contributed by atoms with van der Waals surface area (Å²) >= 11 is 5.98. The van der Waals surface area contributed by atoms with Gasteiger partial charge in [0.1, 0.15) is 11.3 Å². The van der Waals surface area contributed by atoms with E-state index in [9.17, 15) is 19.8 Å². The van der Waals surface area contributed by atoms with Crippen LogP contribution in [0.3, 0.4) is 0 Å². The molecule has 4 aromatic rings. The highest BCUT2D eigenvalue weighted by Gasteiger charge is 2.27. The van der Waals surface area contributed by atoms with Gasteiger partial charge in [-0.1, -0.05) is 11.6 Å². The van der Waals surface area contributed by atoms with Gasteiger partial charge in [0.15, 0.2) is 11.3 Å². The molecular formula is C23H17ClO6. The second kappa shape index (κ2) is 6.92. The van der Waals surface area contributed by atoms with Crippen LogP contribution in [0.1, 0.15) is 29.5 Å².